The van der Waals surface area contributed by atoms with Crippen molar-refractivity contribution in [2.75, 3.05) is 25.6 Å². The molecular weight excluding hydrogens is 240 g/mol. The highest BCUT2D eigenvalue weighted by molar-refractivity contribution is 7.98. The minimum atomic E-state index is 0.120. The first-order chi connectivity index (χ1) is 8.56. The van der Waals surface area contributed by atoms with E-state index in [0.717, 1.165) is 6.54 Å². The summed E-state index contributed by atoms with van der Waals surface area (Å²) in [5.74, 6) is 1.63. The van der Waals surface area contributed by atoms with E-state index < -0.39 is 0 Å². The summed E-state index contributed by atoms with van der Waals surface area (Å²) in [4.78, 5) is 2.41. The second-order valence-corrected chi connectivity index (χ2v) is 6.07. The Morgan fingerprint density at radius 2 is 1.83 bits per heavy atom. The second kappa shape index (κ2) is 7.82. The van der Waals surface area contributed by atoms with E-state index in [0.29, 0.717) is 12.0 Å². The molecule has 3 heteroatoms. The number of nitrogens with zero attached hydrogens (tertiary/aromatic N) is 1. The molecule has 3 unspecified atom stereocenters. The van der Waals surface area contributed by atoms with Gasteiger partial charge in [0.15, 0.2) is 0 Å². The molecule has 0 amide bonds. The van der Waals surface area contributed by atoms with Crippen LogP contribution in [0.2, 0.25) is 0 Å². The van der Waals surface area contributed by atoms with E-state index in [4.69, 9.17) is 5.73 Å². The quantitative estimate of drug-likeness (QED) is 0.822. The molecule has 2 N–H and O–H groups in total. The van der Waals surface area contributed by atoms with E-state index in [2.05, 4.69) is 56.3 Å². The van der Waals surface area contributed by atoms with Crippen LogP contribution < -0.4 is 5.73 Å². The minimum Gasteiger partial charge on any atom is -0.324 e. The number of hydrogen-bond acceptors (Lipinski definition) is 3. The van der Waals surface area contributed by atoms with E-state index in [9.17, 15) is 0 Å². The van der Waals surface area contributed by atoms with Crippen LogP contribution in [0.1, 0.15) is 25.5 Å². The molecule has 0 aliphatic heterocycles. The number of hydrogen-bond donors (Lipinski definition) is 1. The van der Waals surface area contributed by atoms with Crippen molar-refractivity contribution in [3.05, 3.63) is 35.9 Å². The lowest BCUT2D eigenvalue weighted by Gasteiger charge is -2.30. The summed E-state index contributed by atoms with van der Waals surface area (Å²) in [6.07, 6.45) is 2.16. The van der Waals surface area contributed by atoms with Crippen molar-refractivity contribution < 1.29 is 0 Å². The van der Waals surface area contributed by atoms with Gasteiger partial charge < -0.3 is 10.6 Å². The van der Waals surface area contributed by atoms with Crippen molar-refractivity contribution in [2.24, 2.45) is 11.7 Å². The van der Waals surface area contributed by atoms with E-state index in [1.807, 2.05) is 17.8 Å². The first-order valence-corrected chi connectivity index (χ1v) is 7.95. The summed E-state index contributed by atoms with van der Waals surface area (Å²) in [6.45, 7) is 5.55. The molecule has 1 aromatic rings. The van der Waals surface area contributed by atoms with Gasteiger partial charge in [0.25, 0.3) is 0 Å². The van der Waals surface area contributed by atoms with Crippen LogP contribution >= 0.6 is 11.8 Å². The average Bonchev–Trinajstić information content (AvgIpc) is 2.39. The van der Waals surface area contributed by atoms with Gasteiger partial charge in [-0.05, 0) is 31.7 Å². The molecule has 2 nitrogen and oxygen atoms in total. The molecule has 0 radical (unpaired) electrons. The molecule has 0 aliphatic carbocycles. The lowest BCUT2D eigenvalue weighted by atomic mass is 9.95. The summed E-state index contributed by atoms with van der Waals surface area (Å²) in [5, 5.41) is 0. The zero-order valence-corrected chi connectivity index (χ0v) is 12.8. The standard InChI is InChI=1S/C15H26N2S/c1-12(10-17(3)13(2)11-18-4)15(16)14-8-6-5-7-9-14/h5-9,12-13,15H,10-11,16H2,1-4H3. The van der Waals surface area contributed by atoms with Gasteiger partial charge in [-0.1, -0.05) is 37.3 Å². The second-order valence-electron chi connectivity index (χ2n) is 5.16. The largest absolute Gasteiger partial charge is 0.324 e. The molecule has 18 heavy (non-hydrogen) atoms. The van der Waals surface area contributed by atoms with E-state index in [1.54, 1.807) is 0 Å². The van der Waals surface area contributed by atoms with Gasteiger partial charge in [0, 0.05) is 24.4 Å². The normalized spacial score (nSPS) is 16.6. The number of nitrogens with two attached hydrogens (primary N) is 1. The van der Waals surface area contributed by atoms with E-state index >= 15 is 0 Å². The lowest BCUT2D eigenvalue weighted by molar-refractivity contribution is 0.225. The molecule has 0 saturated heterocycles. The smallest absolute Gasteiger partial charge is 0.0333 e. The summed E-state index contributed by atoms with van der Waals surface area (Å²) in [6, 6.07) is 11.1. The zero-order valence-electron chi connectivity index (χ0n) is 12.0. The predicted octanol–water partition coefficient (Wildman–Crippen LogP) is 3.01. The van der Waals surface area contributed by atoms with Gasteiger partial charge in [0.05, 0.1) is 0 Å². The number of benzene rings is 1. The summed E-state index contributed by atoms with van der Waals surface area (Å²) < 4.78 is 0. The lowest BCUT2D eigenvalue weighted by Crippen LogP contribution is -2.37. The minimum absolute atomic E-state index is 0.120. The molecule has 0 spiro atoms. The molecule has 0 aromatic heterocycles. The van der Waals surface area contributed by atoms with E-state index in [1.165, 1.54) is 11.3 Å². The van der Waals surface area contributed by atoms with Gasteiger partial charge >= 0.3 is 0 Å². The van der Waals surface area contributed by atoms with Crippen LogP contribution in [0.25, 0.3) is 0 Å². The average molecular weight is 266 g/mol. The Morgan fingerprint density at radius 3 is 2.39 bits per heavy atom. The molecule has 0 saturated carbocycles. The molecule has 1 aromatic carbocycles. The van der Waals surface area contributed by atoms with Gasteiger partial charge in [-0.15, -0.1) is 0 Å². The molecule has 3 atom stereocenters. The van der Waals surface area contributed by atoms with Crippen molar-refractivity contribution in [3.63, 3.8) is 0 Å². The summed E-state index contributed by atoms with van der Waals surface area (Å²) in [7, 11) is 2.19. The highest BCUT2D eigenvalue weighted by Crippen LogP contribution is 2.20. The Morgan fingerprint density at radius 1 is 1.22 bits per heavy atom. The maximum Gasteiger partial charge on any atom is 0.0333 e. The Hall–Kier alpha value is -0.510. The van der Waals surface area contributed by atoms with Gasteiger partial charge in [0.1, 0.15) is 0 Å². The van der Waals surface area contributed by atoms with Gasteiger partial charge in [-0.2, -0.15) is 11.8 Å². The fourth-order valence-corrected chi connectivity index (χ4v) is 2.86. The van der Waals surface area contributed by atoms with Crippen LogP contribution in [0.4, 0.5) is 0 Å². The maximum absolute atomic E-state index is 6.33. The van der Waals surface area contributed by atoms with Gasteiger partial charge in [-0.3, -0.25) is 0 Å². The van der Waals surface area contributed by atoms with Crippen LogP contribution in [-0.2, 0) is 0 Å². The summed E-state index contributed by atoms with van der Waals surface area (Å²) >= 11 is 1.90. The first kappa shape index (κ1) is 15.5. The van der Waals surface area contributed by atoms with Crippen molar-refractivity contribution in [1.82, 2.24) is 4.90 Å². The highest BCUT2D eigenvalue weighted by atomic mass is 32.2. The highest BCUT2D eigenvalue weighted by Gasteiger charge is 2.18. The first-order valence-electron chi connectivity index (χ1n) is 6.56. The van der Waals surface area contributed by atoms with Crippen LogP contribution in [0.3, 0.4) is 0 Å². The van der Waals surface area contributed by atoms with Crippen molar-refractivity contribution in [1.29, 1.82) is 0 Å². The predicted molar refractivity (Wildman–Crippen MR) is 83.0 cm³/mol. The molecule has 102 valence electrons. The van der Waals surface area contributed by atoms with Crippen molar-refractivity contribution in [3.8, 4) is 0 Å². The van der Waals surface area contributed by atoms with Crippen LogP contribution in [0.5, 0.6) is 0 Å². The monoisotopic (exact) mass is 266 g/mol. The molecule has 0 bridgehead atoms. The third-order valence-electron chi connectivity index (χ3n) is 3.53. The third-order valence-corrected chi connectivity index (χ3v) is 4.35. The Bertz CT molecular complexity index is 329. The van der Waals surface area contributed by atoms with Crippen LogP contribution in [-0.4, -0.2) is 36.5 Å². The molecule has 0 heterocycles. The summed E-state index contributed by atoms with van der Waals surface area (Å²) in [5.41, 5.74) is 7.56. The number of thioether (sulfide) groups is 1. The molecule has 0 aliphatic rings. The van der Waals surface area contributed by atoms with Gasteiger partial charge in [0.2, 0.25) is 0 Å². The Labute approximate surface area is 116 Å². The molecule has 1 rings (SSSR count). The van der Waals surface area contributed by atoms with Crippen LogP contribution in [0, 0.1) is 5.92 Å². The molecule has 0 fully saturated rings. The van der Waals surface area contributed by atoms with Crippen molar-refractivity contribution >= 4 is 11.8 Å². The zero-order chi connectivity index (χ0) is 13.5. The van der Waals surface area contributed by atoms with E-state index in [-0.39, 0.29) is 6.04 Å². The SMILES string of the molecule is CSCC(C)N(C)CC(C)C(N)c1ccccc1. The molecular formula is C15H26N2S. The fraction of sp³-hybridized carbons (Fsp3) is 0.600. The number of rotatable bonds is 7. The van der Waals surface area contributed by atoms with Crippen LogP contribution in [0.15, 0.2) is 30.3 Å². The van der Waals surface area contributed by atoms with Gasteiger partial charge in [-0.25, -0.2) is 0 Å². The van der Waals surface area contributed by atoms with Crippen molar-refractivity contribution in [2.45, 2.75) is 25.9 Å². The fourth-order valence-electron chi connectivity index (χ4n) is 2.12. The maximum atomic E-state index is 6.33. The Kier molecular flexibility index (Phi) is 6.76. The Balaban J connectivity index is 2.52. The topological polar surface area (TPSA) is 29.3 Å². The third kappa shape index (κ3) is 4.63.